The summed E-state index contributed by atoms with van der Waals surface area (Å²) in [6.45, 7) is 0.552. The van der Waals surface area contributed by atoms with Crippen LogP contribution in [0.4, 0.5) is 0 Å². The van der Waals surface area contributed by atoms with E-state index in [1.165, 1.54) is 21.1 Å². The largest absolute Gasteiger partial charge is 0.355 e. The van der Waals surface area contributed by atoms with Crippen LogP contribution in [-0.4, -0.2) is 26.8 Å². The Labute approximate surface area is 162 Å². The van der Waals surface area contributed by atoms with Crippen molar-refractivity contribution in [2.75, 3.05) is 6.54 Å². The minimum Gasteiger partial charge on any atom is -0.355 e. The molecule has 28 heavy (non-hydrogen) atoms. The molecule has 0 atom stereocenters. The van der Waals surface area contributed by atoms with Crippen molar-refractivity contribution in [3.05, 3.63) is 76.3 Å². The van der Waals surface area contributed by atoms with Crippen LogP contribution >= 0.6 is 0 Å². The number of amides is 1. The van der Waals surface area contributed by atoms with Crippen molar-refractivity contribution in [3.63, 3.8) is 0 Å². The molecule has 4 rings (SSSR count). The van der Waals surface area contributed by atoms with Gasteiger partial charge >= 0.3 is 0 Å². The number of hydrogen-bond donors (Lipinski definition) is 1. The van der Waals surface area contributed by atoms with Crippen molar-refractivity contribution in [2.24, 2.45) is 14.1 Å². The number of aryl methyl sites for hydroxylation is 2. The van der Waals surface area contributed by atoms with Gasteiger partial charge in [-0.2, -0.15) is 5.10 Å². The molecule has 1 N–H and O–H groups in total. The fourth-order valence-corrected chi connectivity index (χ4v) is 3.68. The van der Waals surface area contributed by atoms with Crippen molar-refractivity contribution in [1.82, 2.24) is 19.7 Å². The normalized spacial score (nSPS) is 11.2. The third-order valence-corrected chi connectivity index (χ3v) is 5.06. The molecule has 0 aliphatic carbocycles. The molecule has 0 saturated heterocycles. The second-order valence-electron chi connectivity index (χ2n) is 6.98. The van der Waals surface area contributed by atoms with Gasteiger partial charge in [0.05, 0.1) is 17.5 Å². The van der Waals surface area contributed by atoms with Crippen molar-refractivity contribution >= 4 is 27.6 Å². The van der Waals surface area contributed by atoms with Crippen molar-refractivity contribution in [2.45, 2.75) is 12.8 Å². The first-order chi connectivity index (χ1) is 13.5. The molecule has 4 aromatic rings. The number of nitrogens with one attached hydrogen (secondary N) is 1. The molecule has 142 valence electrons. The molecule has 0 bridgehead atoms. The molecule has 2 aromatic carbocycles. The molecule has 2 aromatic heterocycles. The average Bonchev–Trinajstić information content (AvgIpc) is 3.02. The molecule has 0 saturated carbocycles. The second kappa shape index (κ2) is 7.31. The summed E-state index contributed by atoms with van der Waals surface area (Å²) in [5, 5.41) is 9.79. The number of carbonyl (C=O) groups excluding carboxylic acids is 1. The van der Waals surface area contributed by atoms with Gasteiger partial charge in [-0.3, -0.25) is 9.59 Å². The van der Waals surface area contributed by atoms with E-state index in [1.54, 1.807) is 13.1 Å². The lowest BCUT2D eigenvalue weighted by molar-refractivity contribution is -0.120. The van der Waals surface area contributed by atoms with Crippen LogP contribution in [0.15, 0.2) is 59.5 Å². The van der Waals surface area contributed by atoms with Gasteiger partial charge < -0.3 is 9.88 Å². The highest BCUT2D eigenvalue weighted by Crippen LogP contribution is 2.20. The summed E-state index contributed by atoms with van der Waals surface area (Å²) < 4.78 is 3.40. The number of para-hydroxylation sites is 1. The first-order valence-corrected chi connectivity index (χ1v) is 9.29. The predicted octanol–water partition coefficient (Wildman–Crippen LogP) is 2.33. The van der Waals surface area contributed by atoms with Crippen molar-refractivity contribution < 1.29 is 4.79 Å². The van der Waals surface area contributed by atoms with E-state index in [-0.39, 0.29) is 17.9 Å². The van der Waals surface area contributed by atoms with E-state index in [0.717, 1.165) is 11.8 Å². The Kier molecular flexibility index (Phi) is 4.69. The maximum absolute atomic E-state index is 12.5. The highest BCUT2D eigenvalue weighted by molar-refractivity contribution is 5.88. The molecule has 2 heterocycles. The topological polar surface area (TPSA) is 68.9 Å². The molecule has 0 fully saturated rings. The van der Waals surface area contributed by atoms with Gasteiger partial charge in [-0.15, -0.1) is 0 Å². The van der Waals surface area contributed by atoms with Crippen LogP contribution < -0.4 is 10.9 Å². The lowest BCUT2D eigenvalue weighted by Crippen LogP contribution is -2.29. The Morgan fingerprint density at radius 3 is 2.46 bits per heavy atom. The minimum atomic E-state index is -0.157. The van der Waals surface area contributed by atoms with E-state index in [2.05, 4.69) is 33.3 Å². The van der Waals surface area contributed by atoms with Crippen LogP contribution in [-0.2, 0) is 31.7 Å². The molecule has 0 unspecified atom stereocenters. The number of carbonyl (C=O) groups is 1. The van der Waals surface area contributed by atoms with Crippen LogP contribution in [0.1, 0.15) is 11.3 Å². The van der Waals surface area contributed by atoms with Crippen LogP contribution in [0.25, 0.3) is 21.7 Å². The summed E-state index contributed by atoms with van der Waals surface area (Å²) >= 11 is 0. The van der Waals surface area contributed by atoms with E-state index in [0.29, 0.717) is 17.6 Å². The van der Waals surface area contributed by atoms with Crippen LogP contribution in [0, 0.1) is 0 Å². The SMILES string of the molecule is Cn1nc(CC(=O)NCCc2cn(C)c3ccccc23)c2ccccc2c1=O. The number of fused-ring (bicyclic) bond motifs is 2. The monoisotopic (exact) mass is 374 g/mol. The number of rotatable bonds is 5. The molecular weight excluding hydrogens is 352 g/mol. The third-order valence-electron chi connectivity index (χ3n) is 5.06. The molecular formula is C22H22N4O2. The first-order valence-electron chi connectivity index (χ1n) is 9.29. The van der Waals surface area contributed by atoms with Gasteiger partial charge in [-0.05, 0) is 24.1 Å². The number of hydrogen-bond acceptors (Lipinski definition) is 3. The molecule has 6 heteroatoms. The molecule has 1 amide bonds. The minimum absolute atomic E-state index is 0.100. The van der Waals surface area contributed by atoms with E-state index in [1.807, 2.05) is 37.4 Å². The number of aromatic nitrogens is 3. The van der Waals surface area contributed by atoms with Gasteiger partial charge in [0, 0.05) is 43.1 Å². The molecule has 0 aliphatic rings. The Balaban J connectivity index is 1.46. The Morgan fingerprint density at radius 2 is 1.68 bits per heavy atom. The Hall–Kier alpha value is -3.41. The zero-order chi connectivity index (χ0) is 19.7. The summed E-state index contributed by atoms with van der Waals surface area (Å²) in [6.07, 6.45) is 3.01. The smallest absolute Gasteiger partial charge is 0.274 e. The predicted molar refractivity (Wildman–Crippen MR) is 110 cm³/mol. The van der Waals surface area contributed by atoms with E-state index in [9.17, 15) is 9.59 Å². The van der Waals surface area contributed by atoms with E-state index in [4.69, 9.17) is 0 Å². The van der Waals surface area contributed by atoms with Gasteiger partial charge in [-0.25, -0.2) is 4.68 Å². The van der Waals surface area contributed by atoms with Gasteiger partial charge in [0.25, 0.3) is 5.56 Å². The zero-order valence-electron chi connectivity index (χ0n) is 16.0. The third kappa shape index (κ3) is 3.29. The van der Waals surface area contributed by atoms with Gasteiger partial charge in [0.2, 0.25) is 5.91 Å². The van der Waals surface area contributed by atoms with Gasteiger partial charge in [-0.1, -0.05) is 36.4 Å². The second-order valence-corrected chi connectivity index (χ2v) is 6.98. The standard InChI is InChI=1S/C22H22N4O2/c1-25-14-15(16-7-5-6-10-20(16)25)11-12-23-21(27)13-19-17-8-3-4-9-18(17)22(28)26(2)24-19/h3-10,14H,11-13H2,1-2H3,(H,23,27). The summed E-state index contributed by atoms with van der Waals surface area (Å²) in [4.78, 5) is 24.7. The quantitative estimate of drug-likeness (QED) is 0.583. The van der Waals surface area contributed by atoms with Crippen molar-refractivity contribution in [3.8, 4) is 0 Å². The summed E-state index contributed by atoms with van der Waals surface area (Å²) in [5.74, 6) is -0.100. The maximum atomic E-state index is 12.5. The lowest BCUT2D eigenvalue weighted by Gasteiger charge is -2.09. The average molecular weight is 374 g/mol. The Morgan fingerprint density at radius 1 is 1.00 bits per heavy atom. The van der Waals surface area contributed by atoms with E-state index >= 15 is 0 Å². The summed E-state index contributed by atoms with van der Waals surface area (Å²) in [6, 6.07) is 15.5. The number of nitrogens with zero attached hydrogens (tertiary/aromatic N) is 3. The fourth-order valence-electron chi connectivity index (χ4n) is 3.68. The molecule has 0 spiro atoms. The Bertz CT molecular complexity index is 1240. The zero-order valence-corrected chi connectivity index (χ0v) is 16.0. The van der Waals surface area contributed by atoms with Crippen LogP contribution in [0.2, 0.25) is 0 Å². The maximum Gasteiger partial charge on any atom is 0.274 e. The summed E-state index contributed by atoms with van der Waals surface area (Å²) in [5.41, 5.74) is 2.85. The van der Waals surface area contributed by atoms with Crippen LogP contribution in [0.3, 0.4) is 0 Å². The molecule has 0 radical (unpaired) electrons. The molecule has 6 nitrogen and oxygen atoms in total. The molecule has 0 aliphatic heterocycles. The first kappa shape index (κ1) is 18.0. The lowest BCUT2D eigenvalue weighted by atomic mass is 10.1. The fraction of sp³-hybridized carbons (Fsp3) is 0.227. The van der Waals surface area contributed by atoms with E-state index < -0.39 is 0 Å². The van der Waals surface area contributed by atoms with Crippen LogP contribution in [0.5, 0.6) is 0 Å². The summed E-state index contributed by atoms with van der Waals surface area (Å²) in [7, 11) is 3.64. The highest BCUT2D eigenvalue weighted by Gasteiger charge is 2.12. The van der Waals surface area contributed by atoms with Crippen molar-refractivity contribution in [1.29, 1.82) is 0 Å². The number of benzene rings is 2. The highest BCUT2D eigenvalue weighted by atomic mass is 16.1. The van der Waals surface area contributed by atoms with Gasteiger partial charge in [0.15, 0.2) is 0 Å². The van der Waals surface area contributed by atoms with Gasteiger partial charge in [0.1, 0.15) is 0 Å².